The van der Waals surface area contributed by atoms with Crippen LogP contribution in [0.1, 0.15) is 26.7 Å². The lowest BCUT2D eigenvalue weighted by Crippen LogP contribution is -3.00. The van der Waals surface area contributed by atoms with Crippen LogP contribution in [-0.2, 0) is 13.1 Å². The van der Waals surface area contributed by atoms with Gasteiger partial charge in [-0.3, -0.25) is 0 Å². The Kier molecular flexibility index (Phi) is 14.6. The van der Waals surface area contributed by atoms with Gasteiger partial charge in [-0.2, -0.15) is 0 Å². The summed E-state index contributed by atoms with van der Waals surface area (Å²) in [4.78, 5) is 4.59. The van der Waals surface area contributed by atoms with E-state index in [1.807, 2.05) is 47.4 Å². The standard InChI is InChI=1S/C28H36N8S2.2BrH/c1-5-35-19-21-37-27(35)31-29-23-9-13-25(14-10-23)33(3)17-7-8-18-34(4)26-15-11-24(12-16-26)30-32-28-36(6-2)20-22-38-28;;/h9-16,19-22H,5-8,17-18H2,1-4H3;2*1H/q+2;;/p-2. The lowest BCUT2D eigenvalue weighted by molar-refractivity contribution is -0.677. The molecule has 0 radical (unpaired) electrons. The molecule has 4 aromatic rings. The van der Waals surface area contributed by atoms with E-state index in [4.69, 9.17) is 0 Å². The van der Waals surface area contributed by atoms with Crippen molar-refractivity contribution in [2.45, 2.75) is 39.8 Å². The zero-order valence-corrected chi connectivity index (χ0v) is 28.1. The predicted molar refractivity (Wildman–Crippen MR) is 157 cm³/mol. The number of hydrogen-bond donors (Lipinski definition) is 0. The first-order valence-corrected chi connectivity index (χ1v) is 14.7. The number of benzene rings is 2. The van der Waals surface area contributed by atoms with Crippen molar-refractivity contribution in [1.29, 1.82) is 0 Å². The second kappa shape index (κ2) is 17.3. The Bertz CT molecular complexity index is 1230. The Balaban J connectivity index is 0.00000280. The molecule has 0 aliphatic carbocycles. The number of anilines is 2. The summed E-state index contributed by atoms with van der Waals surface area (Å²) in [7, 11) is 4.28. The van der Waals surface area contributed by atoms with Gasteiger partial charge in [0, 0.05) is 49.3 Å². The lowest BCUT2D eigenvalue weighted by atomic mass is 10.2. The molecule has 2 aromatic heterocycles. The topological polar surface area (TPSA) is 63.7 Å². The molecule has 40 heavy (non-hydrogen) atoms. The monoisotopic (exact) mass is 706 g/mol. The molecule has 0 N–H and O–H groups in total. The van der Waals surface area contributed by atoms with Crippen LogP contribution in [0.5, 0.6) is 0 Å². The van der Waals surface area contributed by atoms with Crippen LogP contribution in [0, 0.1) is 0 Å². The number of unbranched alkanes of at least 4 members (excludes halogenated alkanes) is 1. The van der Waals surface area contributed by atoms with Gasteiger partial charge in [0.25, 0.3) is 0 Å². The summed E-state index contributed by atoms with van der Waals surface area (Å²) in [6.07, 6.45) is 6.30. The van der Waals surface area contributed by atoms with Gasteiger partial charge in [-0.1, -0.05) is 0 Å². The van der Waals surface area contributed by atoms with E-state index >= 15 is 0 Å². The number of azo groups is 2. The molecule has 0 atom stereocenters. The van der Waals surface area contributed by atoms with E-state index in [0.717, 1.165) is 60.7 Å². The smallest absolute Gasteiger partial charge is 0.408 e. The lowest BCUT2D eigenvalue weighted by Gasteiger charge is -2.22. The zero-order chi connectivity index (χ0) is 26.7. The van der Waals surface area contributed by atoms with Crippen LogP contribution in [0.3, 0.4) is 0 Å². The van der Waals surface area contributed by atoms with E-state index in [9.17, 15) is 0 Å². The van der Waals surface area contributed by atoms with E-state index in [-0.39, 0.29) is 34.0 Å². The van der Waals surface area contributed by atoms with Crippen molar-refractivity contribution in [1.82, 2.24) is 0 Å². The third-order valence-electron chi connectivity index (χ3n) is 6.32. The molecule has 0 amide bonds. The zero-order valence-electron chi connectivity index (χ0n) is 23.3. The molecule has 8 nitrogen and oxygen atoms in total. The van der Waals surface area contributed by atoms with Crippen LogP contribution in [-0.4, -0.2) is 27.2 Å². The van der Waals surface area contributed by atoms with Gasteiger partial charge in [0.05, 0.1) is 23.3 Å². The molecular weight excluding hydrogens is 672 g/mol. The van der Waals surface area contributed by atoms with Gasteiger partial charge in [0.1, 0.15) is 23.8 Å². The molecule has 0 bridgehead atoms. The summed E-state index contributed by atoms with van der Waals surface area (Å²) in [5, 5.41) is 23.5. The van der Waals surface area contributed by atoms with Crippen molar-refractivity contribution in [2.24, 2.45) is 20.5 Å². The number of rotatable bonds is 13. The van der Waals surface area contributed by atoms with E-state index < -0.39 is 0 Å². The molecule has 4 rings (SSSR count). The van der Waals surface area contributed by atoms with Crippen molar-refractivity contribution in [3.63, 3.8) is 0 Å². The van der Waals surface area contributed by atoms with Gasteiger partial charge in [-0.25, -0.2) is 9.13 Å². The summed E-state index contributed by atoms with van der Waals surface area (Å²) in [5.74, 6) is 0. The Morgan fingerprint density at radius 1 is 0.600 bits per heavy atom. The molecule has 214 valence electrons. The Morgan fingerprint density at radius 2 is 0.975 bits per heavy atom. The Labute approximate surface area is 266 Å². The first-order chi connectivity index (χ1) is 18.6. The minimum absolute atomic E-state index is 0. The molecule has 0 saturated carbocycles. The van der Waals surface area contributed by atoms with Crippen molar-refractivity contribution < 1.29 is 43.1 Å². The average molecular weight is 709 g/mol. The molecule has 0 aliphatic heterocycles. The largest absolute Gasteiger partial charge is 1.00 e. The maximum atomic E-state index is 4.39. The maximum absolute atomic E-state index is 4.39. The fraction of sp³-hybridized carbons (Fsp3) is 0.357. The highest BCUT2D eigenvalue weighted by Gasteiger charge is 2.11. The van der Waals surface area contributed by atoms with Crippen LogP contribution in [0.15, 0.2) is 92.1 Å². The van der Waals surface area contributed by atoms with Gasteiger partial charge in [0.2, 0.25) is 0 Å². The highest BCUT2D eigenvalue weighted by Crippen LogP contribution is 2.24. The minimum Gasteiger partial charge on any atom is -1.00 e. The highest BCUT2D eigenvalue weighted by molar-refractivity contribution is 7.13. The van der Waals surface area contributed by atoms with Crippen molar-refractivity contribution in [3.05, 3.63) is 71.7 Å². The van der Waals surface area contributed by atoms with Crippen molar-refractivity contribution in [2.75, 3.05) is 37.0 Å². The van der Waals surface area contributed by atoms with Gasteiger partial charge in [-0.15, -0.1) is 0 Å². The second-order valence-corrected chi connectivity index (χ2v) is 10.7. The fourth-order valence-corrected chi connectivity index (χ4v) is 5.43. The number of halogens is 2. The maximum Gasteiger partial charge on any atom is 0.408 e. The van der Waals surface area contributed by atoms with E-state index in [1.54, 1.807) is 22.7 Å². The van der Waals surface area contributed by atoms with E-state index in [2.05, 4.69) is 91.6 Å². The van der Waals surface area contributed by atoms with Gasteiger partial charge in [0.15, 0.2) is 0 Å². The van der Waals surface area contributed by atoms with Gasteiger partial charge >= 0.3 is 10.3 Å². The van der Waals surface area contributed by atoms with Gasteiger partial charge in [-0.05, 0) is 108 Å². The molecule has 0 unspecified atom stereocenters. The summed E-state index contributed by atoms with van der Waals surface area (Å²) >= 11 is 3.20. The molecule has 2 aromatic carbocycles. The van der Waals surface area contributed by atoms with Crippen molar-refractivity contribution >= 4 is 55.7 Å². The summed E-state index contributed by atoms with van der Waals surface area (Å²) in [5.41, 5.74) is 4.11. The summed E-state index contributed by atoms with van der Waals surface area (Å²) in [6.45, 7) is 8.00. The Morgan fingerprint density at radius 3 is 1.32 bits per heavy atom. The van der Waals surface area contributed by atoms with Crippen LogP contribution in [0.2, 0.25) is 0 Å². The van der Waals surface area contributed by atoms with E-state index in [0.29, 0.717) is 0 Å². The Hall–Kier alpha value is -2.54. The first-order valence-electron chi connectivity index (χ1n) is 13.0. The SMILES string of the molecule is CC[n+]1ccsc1N=Nc1ccc(N(C)CCCCN(C)c2ccc(N=Nc3scc[n+]3CC)cc2)cc1.[Br-].[Br-]. The number of hydrogen-bond acceptors (Lipinski definition) is 8. The summed E-state index contributed by atoms with van der Waals surface area (Å²) in [6, 6.07) is 16.6. The quantitative estimate of drug-likeness (QED) is 0.121. The van der Waals surface area contributed by atoms with Crippen molar-refractivity contribution in [3.8, 4) is 0 Å². The van der Waals surface area contributed by atoms with Crippen LogP contribution < -0.4 is 52.9 Å². The normalized spacial score (nSPS) is 11.0. The molecule has 2 heterocycles. The second-order valence-electron chi connectivity index (χ2n) is 8.93. The minimum atomic E-state index is 0. The van der Waals surface area contributed by atoms with E-state index in [1.165, 1.54) is 11.4 Å². The number of aryl methyl sites for hydroxylation is 2. The molecular formula is C28H36Br2N8S2. The first kappa shape index (κ1) is 33.7. The third-order valence-corrected chi connectivity index (χ3v) is 7.89. The molecule has 0 aliphatic rings. The molecule has 0 fully saturated rings. The molecule has 0 saturated heterocycles. The summed E-state index contributed by atoms with van der Waals surface area (Å²) < 4.78 is 4.17. The van der Waals surface area contributed by atoms with Gasteiger partial charge < -0.3 is 43.8 Å². The predicted octanol–water partition coefficient (Wildman–Crippen LogP) is 1.62. The molecule has 0 spiro atoms. The van der Waals surface area contributed by atoms with Crippen LogP contribution in [0.4, 0.5) is 33.0 Å². The fourth-order valence-electron chi connectivity index (χ4n) is 3.94. The number of nitrogens with zero attached hydrogens (tertiary/aromatic N) is 8. The van der Waals surface area contributed by atoms with Crippen LogP contribution in [0.25, 0.3) is 0 Å². The third kappa shape index (κ3) is 9.53. The highest BCUT2D eigenvalue weighted by atomic mass is 79.9. The number of thiazole rings is 2. The average Bonchev–Trinajstić information content (AvgIpc) is 3.62. The molecule has 12 heteroatoms. The van der Waals surface area contributed by atoms with Crippen LogP contribution >= 0.6 is 22.7 Å². The number of aromatic nitrogens is 2.